The van der Waals surface area contributed by atoms with Crippen LogP contribution in [0.5, 0.6) is 0 Å². The molecule has 0 saturated heterocycles. The van der Waals surface area contributed by atoms with Crippen LogP contribution in [0.3, 0.4) is 0 Å². The lowest BCUT2D eigenvalue weighted by Gasteiger charge is -2.26. The number of benzene rings is 1. The van der Waals surface area contributed by atoms with Gasteiger partial charge in [-0.3, -0.25) is 0 Å². The number of fused-ring (bicyclic) bond motifs is 5. The third kappa shape index (κ3) is 0.881. The summed E-state index contributed by atoms with van der Waals surface area (Å²) in [4.78, 5) is 0. The average Bonchev–Trinajstić information content (AvgIpc) is 2.76. The van der Waals surface area contributed by atoms with Gasteiger partial charge in [-0.25, -0.2) is 0 Å². The van der Waals surface area contributed by atoms with Crippen LogP contribution in [-0.4, -0.2) is 13.7 Å². The second-order valence-corrected chi connectivity index (χ2v) is 4.37. The molecular weight excluding hydrogens is 172 g/mol. The van der Waals surface area contributed by atoms with Crippen LogP contribution in [-0.2, 0) is 10.2 Å². The molecule has 1 heteroatoms. The molecule has 0 heterocycles. The molecule has 72 valence electrons. The molecule has 0 aliphatic heterocycles. The first kappa shape index (κ1) is 8.25. The van der Waals surface area contributed by atoms with Crippen molar-refractivity contribution >= 4 is 5.57 Å². The van der Waals surface area contributed by atoms with Crippen molar-refractivity contribution in [1.82, 2.24) is 0 Å². The molecule has 1 nitrogen and oxygen atoms in total. The average molecular weight is 186 g/mol. The van der Waals surface area contributed by atoms with Crippen molar-refractivity contribution in [2.75, 3.05) is 13.7 Å². The highest BCUT2D eigenvalue weighted by Gasteiger charge is 2.44. The maximum atomic E-state index is 5.37. The molecule has 14 heavy (non-hydrogen) atoms. The minimum absolute atomic E-state index is 0.278. The number of ether oxygens (including phenoxy) is 1. The van der Waals surface area contributed by atoms with Crippen LogP contribution in [0.15, 0.2) is 30.3 Å². The van der Waals surface area contributed by atoms with E-state index < -0.39 is 0 Å². The van der Waals surface area contributed by atoms with Gasteiger partial charge in [-0.1, -0.05) is 30.3 Å². The predicted molar refractivity (Wildman–Crippen MR) is 57.2 cm³/mol. The summed E-state index contributed by atoms with van der Waals surface area (Å²) in [7, 11) is 1.80. The van der Waals surface area contributed by atoms with Crippen molar-refractivity contribution in [2.24, 2.45) is 0 Å². The second-order valence-electron chi connectivity index (χ2n) is 4.37. The van der Waals surface area contributed by atoms with Crippen molar-refractivity contribution < 1.29 is 4.74 Å². The third-order valence-corrected chi connectivity index (χ3v) is 3.53. The van der Waals surface area contributed by atoms with E-state index in [9.17, 15) is 0 Å². The van der Waals surface area contributed by atoms with Gasteiger partial charge >= 0.3 is 0 Å². The molecule has 3 rings (SSSR count). The smallest absolute Gasteiger partial charge is 0.0565 e. The minimum atomic E-state index is 0.278. The summed E-state index contributed by atoms with van der Waals surface area (Å²) in [6.45, 7) is 0.851. The van der Waals surface area contributed by atoms with Gasteiger partial charge in [0.05, 0.1) is 6.61 Å². The van der Waals surface area contributed by atoms with E-state index in [0.717, 1.165) is 13.0 Å². The molecule has 1 atom stereocenters. The topological polar surface area (TPSA) is 9.23 Å². The van der Waals surface area contributed by atoms with Crippen LogP contribution in [0, 0.1) is 0 Å². The predicted octanol–water partition coefficient (Wildman–Crippen LogP) is 2.76. The molecule has 0 N–H and O–H groups in total. The van der Waals surface area contributed by atoms with Crippen molar-refractivity contribution in [3.8, 4) is 0 Å². The zero-order chi connectivity index (χ0) is 9.60. The Hall–Kier alpha value is -1.08. The molecule has 2 aliphatic carbocycles. The Kier molecular flexibility index (Phi) is 1.59. The summed E-state index contributed by atoms with van der Waals surface area (Å²) in [5.41, 5.74) is 4.76. The lowest BCUT2D eigenvalue weighted by atomic mass is 9.81. The number of hydrogen-bond donors (Lipinski definition) is 0. The van der Waals surface area contributed by atoms with E-state index in [0.29, 0.717) is 0 Å². The highest BCUT2D eigenvalue weighted by molar-refractivity contribution is 5.79. The van der Waals surface area contributed by atoms with Gasteiger partial charge < -0.3 is 4.74 Å². The zero-order valence-electron chi connectivity index (χ0n) is 8.42. The maximum Gasteiger partial charge on any atom is 0.0565 e. The van der Waals surface area contributed by atoms with Crippen LogP contribution < -0.4 is 0 Å². The van der Waals surface area contributed by atoms with Gasteiger partial charge in [0, 0.05) is 12.5 Å². The van der Waals surface area contributed by atoms with Gasteiger partial charge in [-0.05, 0) is 29.5 Å². The fourth-order valence-electron chi connectivity index (χ4n) is 2.93. The summed E-state index contributed by atoms with van der Waals surface area (Å²) in [6.07, 6.45) is 4.72. The molecule has 2 aliphatic rings. The van der Waals surface area contributed by atoms with Crippen molar-refractivity contribution in [3.63, 3.8) is 0 Å². The Morgan fingerprint density at radius 2 is 2.21 bits per heavy atom. The molecule has 0 aromatic heterocycles. The normalized spacial score (nSPS) is 27.6. The molecule has 0 radical (unpaired) electrons. The van der Waals surface area contributed by atoms with E-state index >= 15 is 0 Å². The molecule has 1 aromatic carbocycles. The van der Waals surface area contributed by atoms with Gasteiger partial charge in [-0.15, -0.1) is 0 Å². The van der Waals surface area contributed by atoms with E-state index in [2.05, 4.69) is 30.3 Å². The fraction of sp³-hybridized carbons (Fsp3) is 0.385. The largest absolute Gasteiger partial charge is 0.384 e. The first-order chi connectivity index (χ1) is 6.86. The summed E-state index contributed by atoms with van der Waals surface area (Å²) < 4.78 is 5.37. The Morgan fingerprint density at radius 3 is 3.07 bits per heavy atom. The summed E-state index contributed by atoms with van der Waals surface area (Å²) >= 11 is 0. The SMILES string of the molecule is COCC12CC=C(C1)c1ccccc12. The van der Waals surface area contributed by atoms with Gasteiger partial charge in [0.15, 0.2) is 0 Å². The highest BCUT2D eigenvalue weighted by Crippen LogP contribution is 2.53. The Labute approximate surface area is 84.4 Å². The van der Waals surface area contributed by atoms with E-state index in [1.54, 1.807) is 7.11 Å². The number of rotatable bonds is 2. The fourth-order valence-corrected chi connectivity index (χ4v) is 2.93. The van der Waals surface area contributed by atoms with E-state index in [4.69, 9.17) is 4.74 Å². The van der Waals surface area contributed by atoms with Crippen LogP contribution in [0.4, 0.5) is 0 Å². The Balaban J connectivity index is 2.15. The quantitative estimate of drug-likeness (QED) is 0.690. The monoisotopic (exact) mass is 186 g/mol. The molecule has 0 saturated carbocycles. The van der Waals surface area contributed by atoms with Gasteiger partial charge in [0.1, 0.15) is 0 Å². The molecule has 0 amide bonds. The number of methoxy groups -OCH3 is 1. The van der Waals surface area contributed by atoms with Crippen LogP contribution in [0.2, 0.25) is 0 Å². The van der Waals surface area contributed by atoms with Gasteiger partial charge in [0.2, 0.25) is 0 Å². The van der Waals surface area contributed by atoms with E-state index in [1.165, 1.54) is 23.1 Å². The van der Waals surface area contributed by atoms with Crippen molar-refractivity contribution in [1.29, 1.82) is 0 Å². The first-order valence-electron chi connectivity index (χ1n) is 5.14. The number of hydrogen-bond acceptors (Lipinski definition) is 1. The second kappa shape index (κ2) is 2.71. The third-order valence-electron chi connectivity index (χ3n) is 3.53. The molecule has 2 bridgehead atoms. The standard InChI is InChI=1S/C13H14O/c1-14-9-13-7-6-10(8-13)11-4-2-3-5-12(11)13/h2-6H,7-9H2,1H3. The Bertz CT molecular complexity index is 405. The lowest BCUT2D eigenvalue weighted by Crippen LogP contribution is -2.26. The van der Waals surface area contributed by atoms with Crippen molar-refractivity contribution in [2.45, 2.75) is 18.3 Å². The van der Waals surface area contributed by atoms with Gasteiger partial charge in [0.25, 0.3) is 0 Å². The van der Waals surface area contributed by atoms with Crippen molar-refractivity contribution in [3.05, 3.63) is 41.5 Å². The minimum Gasteiger partial charge on any atom is -0.384 e. The zero-order valence-corrected chi connectivity index (χ0v) is 8.42. The van der Waals surface area contributed by atoms with Crippen LogP contribution >= 0.6 is 0 Å². The first-order valence-corrected chi connectivity index (χ1v) is 5.14. The maximum absolute atomic E-state index is 5.37. The van der Waals surface area contributed by atoms with E-state index in [1.807, 2.05) is 0 Å². The molecule has 1 aromatic rings. The molecule has 1 unspecified atom stereocenters. The van der Waals surface area contributed by atoms with Crippen LogP contribution in [0.25, 0.3) is 5.57 Å². The van der Waals surface area contributed by atoms with Crippen LogP contribution in [0.1, 0.15) is 24.0 Å². The van der Waals surface area contributed by atoms with E-state index in [-0.39, 0.29) is 5.41 Å². The molecule has 0 fully saturated rings. The number of allylic oxidation sites excluding steroid dienone is 2. The highest BCUT2D eigenvalue weighted by atomic mass is 16.5. The molecule has 0 spiro atoms. The lowest BCUT2D eigenvalue weighted by molar-refractivity contribution is 0.137. The van der Waals surface area contributed by atoms with Gasteiger partial charge in [-0.2, -0.15) is 0 Å². The summed E-state index contributed by atoms with van der Waals surface area (Å²) in [5, 5.41) is 0. The Morgan fingerprint density at radius 1 is 1.36 bits per heavy atom. The summed E-state index contributed by atoms with van der Waals surface area (Å²) in [6, 6.07) is 8.75. The molecular formula is C13H14O. The summed E-state index contributed by atoms with van der Waals surface area (Å²) in [5.74, 6) is 0.